The molecule has 1 fully saturated rings. The van der Waals surface area contributed by atoms with Gasteiger partial charge in [-0.05, 0) is 24.5 Å². The number of amides is 2. The number of pyridine rings is 1. The summed E-state index contributed by atoms with van der Waals surface area (Å²) in [4.78, 5) is 18.6. The van der Waals surface area contributed by atoms with Gasteiger partial charge in [0.1, 0.15) is 0 Å². The first kappa shape index (κ1) is 13.9. The third kappa shape index (κ3) is 3.32. The van der Waals surface area contributed by atoms with Crippen LogP contribution in [0.4, 0.5) is 4.79 Å². The molecule has 4 heteroatoms. The molecule has 21 heavy (non-hydrogen) atoms. The molecule has 3 rings (SSSR count). The highest BCUT2D eigenvalue weighted by atomic mass is 16.2. The molecule has 1 saturated heterocycles. The Kier molecular flexibility index (Phi) is 4.34. The van der Waals surface area contributed by atoms with Crippen LogP contribution in [0.1, 0.15) is 31.2 Å². The van der Waals surface area contributed by atoms with Gasteiger partial charge in [-0.3, -0.25) is 4.98 Å². The quantitative estimate of drug-likeness (QED) is 0.919. The Hall–Kier alpha value is -2.10. The van der Waals surface area contributed by atoms with Crippen molar-refractivity contribution in [1.82, 2.24) is 15.2 Å². The number of carbonyl (C=O) groups is 1. The van der Waals surface area contributed by atoms with Crippen molar-refractivity contribution in [1.29, 1.82) is 0 Å². The van der Waals surface area contributed by atoms with Crippen LogP contribution in [0, 0.1) is 0 Å². The summed E-state index contributed by atoms with van der Waals surface area (Å²) in [5.41, 5.74) is 2.03. The molecule has 0 spiro atoms. The topological polar surface area (TPSA) is 45.2 Å². The van der Waals surface area contributed by atoms with E-state index in [-0.39, 0.29) is 6.03 Å². The fraction of sp³-hybridized carbons (Fsp3) is 0.412. The van der Waals surface area contributed by atoms with Crippen LogP contribution in [-0.4, -0.2) is 29.0 Å². The summed E-state index contributed by atoms with van der Waals surface area (Å²) in [6.45, 7) is 2.28. The van der Waals surface area contributed by atoms with Gasteiger partial charge in [-0.15, -0.1) is 0 Å². The number of likely N-dealkylation sites (tertiary alicyclic amines) is 1. The maximum Gasteiger partial charge on any atom is 0.317 e. The molecule has 4 nitrogen and oxygen atoms in total. The molecule has 2 heterocycles. The molecule has 2 amide bonds. The van der Waals surface area contributed by atoms with Crippen LogP contribution < -0.4 is 5.32 Å². The lowest BCUT2D eigenvalue weighted by molar-refractivity contribution is 0.199. The van der Waals surface area contributed by atoms with E-state index < -0.39 is 0 Å². The van der Waals surface area contributed by atoms with E-state index in [9.17, 15) is 4.79 Å². The number of para-hydroxylation sites is 1. The van der Waals surface area contributed by atoms with Crippen LogP contribution in [0.2, 0.25) is 0 Å². The highest BCUT2D eigenvalue weighted by Gasteiger charge is 2.15. The summed E-state index contributed by atoms with van der Waals surface area (Å²) in [5.74, 6) is 0. The minimum absolute atomic E-state index is 0.0461. The number of nitrogens with zero attached hydrogens (tertiary/aromatic N) is 2. The van der Waals surface area contributed by atoms with Crippen molar-refractivity contribution in [2.75, 3.05) is 13.1 Å². The summed E-state index contributed by atoms with van der Waals surface area (Å²) in [5, 5.41) is 4.15. The monoisotopic (exact) mass is 283 g/mol. The first-order chi connectivity index (χ1) is 10.3. The largest absolute Gasteiger partial charge is 0.334 e. The SMILES string of the molecule is O=C(NCc1cccc2cccnc12)N1CCCCCC1. The molecule has 1 aromatic carbocycles. The van der Waals surface area contributed by atoms with Gasteiger partial charge in [0.15, 0.2) is 0 Å². The fourth-order valence-electron chi connectivity index (χ4n) is 2.87. The number of hydrogen-bond acceptors (Lipinski definition) is 2. The molecule has 0 aliphatic carbocycles. The maximum atomic E-state index is 12.3. The van der Waals surface area contributed by atoms with Gasteiger partial charge in [-0.1, -0.05) is 37.1 Å². The highest BCUT2D eigenvalue weighted by molar-refractivity contribution is 5.82. The molecule has 1 aliphatic heterocycles. The molecular weight excluding hydrogens is 262 g/mol. The van der Waals surface area contributed by atoms with Gasteiger partial charge in [0.2, 0.25) is 0 Å². The first-order valence-corrected chi connectivity index (χ1v) is 7.70. The molecule has 1 N–H and O–H groups in total. The van der Waals surface area contributed by atoms with Crippen LogP contribution in [0.15, 0.2) is 36.5 Å². The maximum absolute atomic E-state index is 12.3. The molecule has 0 unspecified atom stereocenters. The minimum Gasteiger partial charge on any atom is -0.334 e. The van der Waals surface area contributed by atoms with Crippen molar-refractivity contribution in [3.8, 4) is 0 Å². The van der Waals surface area contributed by atoms with E-state index in [1.54, 1.807) is 6.20 Å². The van der Waals surface area contributed by atoms with Gasteiger partial charge in [0.25, 0.3) is 0 Å². The van der Waals surface area contributed by atoms with Crippen molar-refractivity contribution >= 4 is 16.9 Å². The number of fused-ring (bicyclic) bond motifs is 1. The predicted octanol–water partition coefficient (Wildman–Crippen LogP) is 3.32. The molecule has 0 saturated carbocycles. The van der Waals surface area contributed by atoms with Crippen LogP contribution in [0.25, 0.3) is 10.9 Å². The third-order valence-electron chi connectivity index (χ3n) is 4.04. The molecule has 1 aliphatic rings. The summed E-state index contributed by atoms with van der Waals surface area (Å²) >= 11 is 0. The standard InChI is InChI=1S/C17H21N3O/c21-17(20-11-3-1-2-4-12-20)19-13-15-8-5-7-14-9-6-10-18-16(14)15/h5-10H,1-4,11-13H2,(H,19,21). The Morgan fingerprint density at radius 2 is 1.86 bits per heavy atom. The van der Waals surface area contributed by atoms with Gasteiger partial charge in [0.05, 0.1) is 5.52 Å². The Labute approximate surface area is 125 Å². The van der Waals surface area contributed by atoms with Crippen LogP contribution in [-0.2, 0) is 6.54 Å². The number of benzene rings is 1. The van der Waals surface area contributed by atoms with Crippen molar-refractivity contribution in [3.63, 3.8) is 0 Å². The number of nitrogens with one attached hydrogen (secondary N) is 1. The third-order valence-corrected chi connectivity index (χ3v) is 4.04. The number of hydrogen-bond donors (Lipinski definition) is 1. The summed E-state index contributed by atoms with van der Waals surface area (Å²) in [6, 6.07) is 10.1. The van der Waals surface area contributed by atoms with Crippen LogP contribution in [0.5, 0.6) is 0 Å². The molecule has 1 aromatic heterocycles. The Balaban J connectivity index is 1.67. The number of rotatable bonds is 2. The average molecular weight is 283 g/mol. The number of carbonyl (C=O) groups excluding carboxylic acids is 1. The number of aromatic nitrogens is 1. The normalized spacial score (nSPS) is 15.7. The second-order valence-corrected chi connectivity index (χ2v) is 5.55. The zero-order valence-electron chi connectivity index (χ0n) is 12.2. The molecule has 110 valence electrons. The van der Waals surface area contributed by atoms with E-state index in [1.807, 2.05) is 35.2 Å². The van der Waals surface area contributed by atoms with E-state index in [0.29, 0.717) is 6.54 Å². The second-order valence-electron chi connectivity index (χ2n) is 5.55. The lowest BCUT2D eigenvalue weighted by atomic mass is 10.1. The minimum atomic E-state index is 0.0461. The van der Waals surface area contributed by atoms with Crippen molar-refractivity contribution in [3.05, 3.63) is 42.1 Å². The Morgan fingerprint density at radius 3 is 2.67 bits per heavy atom. The molecule has 2 aromatic rings. The van der Waals surface area contributed by atoms with Crippen molar-refractivity contribution in [2.45, 2.75) is 32.2 Å². The lowest BCUT2D eigenvalue weighted by Gasteiger charge is -2.21. The zero-order chi connectivity index (χ0) is 14.5. The average Bonchev–Trinajstić information content (AvgIpc) is 2.82. The van der Waals surface area contributed by atoms with Crippen LogP contribution >= 0.6 is 0 Å². The van der Waals surface area contributed by atoms with Gasteiger partial charge in [-0.25, -0.2) is 4.79 Å². The van der Waals surface area contributed by atoms with Crippen LogP contribution in [0.3, 0.4) is 0 Å². The van der Waals surface area contributed by atoms with Crippen molar-refractivity contribution < 1.29 is 4.79 Å². The first-order valence-electron chi connectivity index (χ1n) is 7.70. The van der Waals surface area contributed by atoms with Gasteiger partial charge in [0, 0.05) is 31.2 Å². The smallest absolute Gasteiger partial charge is 0.317 e. The summed E-state index contributed by atoms with van der Waals surface area (Å²) in [6.07, 6.45) is 6.49. The molecule has 0 atom stereocenters. The van der Waals surface area contributed by atoms with Gasteiger partial charge < -0.3 is 10.2 Å². The number of urea groups is 1. The second kappa shape index (κ2) is 6.57. The Morgan fingerprint density at radius 1 is 1.10 bits per heavy atom. The fourth-order valence-corrected chi connectivity index (χ4v) is 2.87. The predicted molar refractivity (Wildman–Crippen MR) is 84.0 cm³/mol. The highest BCUT2D eigenvalue weighted by Crippen LogP contribution is 2.16. The zero-order valence-corrected chi connectivity index (χ0v) is 12.2. The van der Waals surface area contributed by atoms with Gasteiger partial charge in [-0.2, -0.15) is 0 Å². The molecular formula is C17H21N3O. The van der Waals surface area contributed by atoms with E-state index >= 15 is 0 Å². The Bertz CT molecular complexity index is 613. The van der Waals surface area contributed by atoms with Gasteiger partial charge >= 0.3 is 6.03 Å². The van der Waals surface area contributed by atoms with E-state index in [2.05, 4.69) is 10.3 Å². The van der Waals surface area contributed by atoms with E-state index in [1.165, 1.54) is 12.8 Å². The van der Waals surface area contributed by atoms with Crippen molar-refractivity contribution in [2.24, 2.45) is 0 Å². The molecule has 0 radical (unpaired) electrons. The molecule has 0 bridgehead atoms. The summed E-state index contributed by atoms with van der Waals surface area (Å²) in [7, 11) is 0. The summed E-state index contributed by atoms with van der Waals surface area (Å²) < 4.78 is 0. The van der Waals surface area contributed by atoms with E-state index in [4.69, 9.17) is 0 Å². The lowest BCUT2D eigenvalue weighted by Crippen LogP contribution is -2.40. The van der Waals surface area contributed by atoms with E-state index in [0.717, 1.165) is 42.4 Å².